The number of rotatable bonds is 7. The number of esters is 1. The summed E-state index contributed by atoms with van der Waals surface area (Å²) in [6, 6.07) is 8.75. The highest BCUT2D eigenvalue weighted by Crippen LogP contribution is 2.26. The van der Waals surface area contributed by atoms with E-state index in [2.05, 4.69) is 26.6 Å². The maximum atomic E-state index is 12.1. The Bertz CT molecular complexity index is 709. The quantitative estimate of drug-likeness (QED) is 0.650. The molecule has 128 valence electrons. The highest BCUT2D eigenvalue weighted by Gasteiger charge is 2.18. The van der Waals surface area contributed by atoms with Gasteiger partial charge in [-0.1, -0.05) is 33.6 Å². The predicted octanol–water partition coefficient (Wildman–Crippen LogP) is 4.00. The summed E-state index contributed by atoms with van der Waals surface area (Å²) in [6.45, 7) is 0.0476. The fourth-order valence-electron chi connectivity index (χ4n) is 2.01. The Morgan fingerprint density at radius 1 is 1.38 bits per heavy atom. The number of carbonyl (C=O) groups excluding carboxylic acids is 2. The van der Waals surface area contributed by atoms with Crippen molar-refractivity contribution in [1.82, 2.24) is 5.32 Å². The van der Waals surface area contributed by atoms with Crippen molar-refractivity contribution in [3.8, 4) is 0 Å². The van der Waals surface area contributed by atoms with Crippen molar-refractivity contribution in [1.29, 1.82) is 0 Å². The van der Waals surface area contributed by atoms with Crippen LogP contribution in [0.25, 0.3) is 0 Å². The smallest absolute Gasteiger partial charge is 0.307 e. The third kappa shape index (κ3) is 5.59. The average molecular weight is 432 g/mol. The lowest BCUT2D eigenvalue weighted by molar-refractivity contribution is -0.141. The van der Waals surface area contributed by atoms with Gasteiger partial charge in [0.1, 0.15) is 0 Å². The summed E-state index contributed by atoms with van der Waals surface area (Å²) in [5.74, 6) is -0.581. The number of amides is 1. The molecular formula is C16H16BrClN2O3S. The summed E-state index contributed by atoms with van der Waals surface area (Å²) in [4.78, 5) is 24.6. The van der Waals surface area contributed by atoms with Crippen molar-refractivity contribution in [3.63, 3.8) is 0 Å². The molecule has 0 fully saturated rings. The van der Waals surface area contributed by atoms with Crippen LogP contribution in [0.15, 0.2) is 40.2 Å². The van der Waals surface area contributed by atoms with Crippen LogP contribution in [-0.4, -0.2) is 25.5 Å². The zero-order chi connectivity index (χ0) is 17.5. The van der Waals surface area contributed by atoms with Gasteiger partial charge in [-0.3, -0.25) is 9.59 Å². The Morgan fingerprint density at radius 2 is 2.17 bits per heavy atom. The Morgan fingerprint density at radius 3 is 2.79 bits per heavy atom. The molecule has 0 radical (unpaired) electrons. The average Bonchev–Trinajstić information content (AvgIpc) is 3.08. The van der Waals surface area contributed by atoms with E-state index in [1.165, 1.54) is 18.4 Å². The lowest BCUT2D eigenvalue weighted by Crippen LogP contribution is -2.32. The highest BCUT2D eigenvalue weighted by molar-refractivity contribution is 9.10. The SMILES string of the molecule is COC(=O)CC(NCC(=O)Nc1ccc(Br)cc1Cl)c1cccs1. The van der Waals surface area contributed by atoms with Gasteiger partial charge >= 0.3 is 5.97 Å². The Balaban J connectivity index is 1.95. The van der Waals surface area contributed by atoms with Crippen molar-refractivity contribution >= 4 is 56.4 Å². The van der Waals surface area contributed by atoms with Crippen LogP contribution in [0.1, 0.15) is 17.3 Å². The van der Waals surface area contributed by atoms with Gasteiger partial charge in [0, 0.05) is 9.35 Å². The monoisotopic (exact) mass is 430 g/mol. The van der Waals surface area contributed by atoms with Gasteiger partial charge in [0.25, 0.3) is 0 Å². The lowest BCUT2D eigenvalue weighted by Gasteiger charge is -2.16. The molecule has 0 bridgehead atoms. The van der Waals surface area contributed by atoms with E-state index in [4.69, 9.17) is 16.3 Å². The first kappa shape index (κ1) is 18.9. The molecule has 1 atom stereocenters. The zero-order valence-electron chi connectivity index (χ0n) is 12.8. The number of ether oxygens (including phenoxy) is 1. The van der Waals surface area contributed by atoms with E-state index in [1.807, 2.05) is 17.5 Å². The molecule has 24 heavy (non-hydrogen) atoms. The summed E-state index contributed by atoms with van der Waals surface area (Å²) in [7, 11) is 1.34. The number of methoxy groups -OCH3 is 1. The molecule has 2 rings (SSSR count). The number of carbonyl (C=O) groups is 2. The van der Waals surface area contributed by atoms with E-state index in [0.29, 0.717) is 10.7 Å². The lowest BCUT2D eigenvalue weighted by atomic mass is 10.1. The normalized spacial score (nSPS) is 11.8. The standard InChI is InChI=1S/C16H16BrClN2O3S/c1-23-16(22)8-13(14-3-2-6-24-14)19-9-15(21)20-12-5-4-10(17)7-11(12)18/h2-7,13,19H,8-9H2,1H3,(H,20,21). The highest BCUT2D eigenvalue weighted by atomic mass is 79.9. The first-order valence-corrected chi connectivity index (χ1v) is 9.13. The Labute approximate surface area is 157 Å². The van der Waals surface area contributed by atoms with E-state index in [0.717, 1.165) is 9.35 Å². The number of anilines is 1. The Hall–Kier alpha value is -1.41. The maximum absolute atomic E-state index is 12.1. The van der Waals surface area contributed by atoms with Crippen molar-refractivity contribution in [3.05, 3.63) is 50.1 Å². The topological polar surface area (TPSA) is 67.4 Å². The molecule has 1 amide bonds. The number of nitrogens with one attached hydrogen (secondary N) is 2. The molecule has 0 aliphatic heterocycles. The van der Waals surface area contributed by atoms with Crippen LogP contribution in [0.5, 0.6) is 0 Å². The molecule has 8 heteroatoms. The van der Waals surface area contributed by atoms with Gasteiger partial charge in [-0.25, -0.2) is 0 Å². The second-order valence-electron chi connectivity index (χ2n) is 4.90. The molecule has 5 nitrogen and oxygen atoms in total. The second kappa shape index (κ2) is 9.17. The van der Waals surface area contributed by atoms with Gasteiger partial charge in [-0.15, -0.1) is 11.3 Å². The van der Waals surface area contributed by atoms with Gasteiger partial charge in [0.05, 0.1) is 36.8 Å². The van der Waals surface area contributed by atoms with Crippen LogP contribution in [0.3, 0.4) is 0 Å². The van der Waals surface area contributed by atoms with Crippen LogP contribution >= 0.6 is 38.9 Å². The van der Waals surface area contributed by atoms with Crippen molar-refractivity contribution in [2.75, 3.05) is 19.0 Å². The minimum Gasteiger partial charge on any atom is -0.469 e. The van der Waals surface area contributed by atoms with Gasteiger partial charge in [0.15, 0.2) is 0 Å². The van der Waals surface area contributed by atoms with E-state index in [9.17, 15) is 9.59 Å². The molecule has 0 saturated carbocycles. The summed E-state index contributed by atoms with van der Waals surface area (Å²) in [6.07, 6.45) is 0.156. The Kier molecular flexibility index (Phi) is 7.23. The van der Waals surface area contributed by atoms with Crippen molar-refractivity contribution < 1.29 is 14.3 Å². The number of thiophene rings is 1. The maximum Gasteiger partial charge on any atom is 0.307 e. The summed E-state index contributed by atoms with van der Waals surface area (Å²) in [5.41, 5.74) is 0.535. The predicted molar refractivity (Wildman–Crippen MR) is 99.5 cm³/mol. The van der Waals surface area contributed by atoms with Crippen LogP contribution in [0.2, 0.25) is 5.02 Å². The molecule has 2 N–H and O–H groups in total. The van der Waals surface area contributed by atoms with E-state index >= 15 is 0 Å². The second-order valence-corrected chi connectivity index (χ2v) is 7.20. The zero-order valence-corrected chi connectivity index (χ0v) is 16.0. The van der Waals surface area contributed by atoms with Gasteiger partial charge < -0.3 is 15.4 Å². The molecule has 1 unspecified atom stereocenters. The number of hydrogen-bond acceptors (Lipinski definition) is 5. The number of hydrogen-bond donors (Lipinski definition) is 2. The van der Waals surface area contributed by atoms with E-state index in [1.54, 1.807) is 18.2 Å². The van der Waals surface area contributed by atoms with Gasteiger partial charge in [0.2, 0.25) is 5.91 Å². The third-order valence-electron chi connectivity index (χ3n) is 3.20. The first-order chi connectivity index (χ1) is 11.5. The summed E-state index contributed by atoms with van der Waals surface area (Å²) < 4.78 is 5.54. The molecule has 1 aromatic heterocycles. The van der Waals surface area contributed by atoms with E-state index < -0.39 is 0 Å². The molecule has 2 aromatic rings. The van der Waals surface area contributed by atoms with Crippen LogP contribution < -0.4 is 10.6 Å². The molecular weight excluding hydrogens is 416 g/mol. The first-order valence-electron chi connectivity index (χ1n) is 7.08. The van der Waals surface area contributed by atoms with Crippen LogP contribution in [0, 0.1) is 0 Å². The van der Waals surface area contributed by atoms with Crippen molar-refractivity contribution in [2.45, 2.75) is 12.5 Å². The fourth-order valence-corrected chi connectivity index (χ4v) is 3.54. The van der Waals surface area contributed by atoms with Gasteiger partial charge in [-0.2, -0.15) is 0 Å². The third-order valence-corrected chi connectivity index (χ3v) is 4.99. The van der Waals surface area contributed by atoms with Gasteiger partial charge in [-0.05, 0) is 29.6 Å². The van der Waals surface area contributed by atoms with E-state index in [-0.39, 0.29) is 30.9 Å². The largest absolute Gasteiger partial charge is 0.469 e. The molecule has 1 aromatic carbocycles. The number of halogens is 2. The minimum absolute atomic E-state index is 0.0476. The molecule has 0 saturated heterocycles. The van der Waals surface area contributed by atoms with Crippen LogP contribution in [0.4, 0.5) is 5.69 Å². The fraction of sp³-hybridized carbons (Fsp3) is 0.250. The summed E-state index contributed by atoms with van der Waals surface area (Å²) in [5, 5.41) is 8.19. The minimum atomic E-state index is -0.336. The molecule has 0 aliphatic carbocycles. The number of benzene rings is 1. The molecule has 0 spiro atoms. The van der Waals surface area contributed by atoms with Crippen LogP contribution in [-0.2, 0) is 14.3 Å². The van der Waals surface area contributed by atoms with Crippen molar-refractivity contribution in [2.24, 2.45) is 0 Å². The summed E-state index contributed by atoms with van der Waals surface area (Å²) >= 11 is 10.9. The molecule has 0 aliphatic rings. The molecule has 1 heterocycles.